The average Bonchev–Trinajstić information content (AvgIpc) is 2.94. The van der Waals surface area contributed by atoms with Gasteiger partial charge in [-0.15, -0.1) is 0 Å². The van der Waals surface area contributed by atoms with E-state index < -0.39 is 6.61 Å². The van der Waals surface area contributed by atoms with Crippen LogP contribution in [0.1, 0.15) is 55.6 Å². The Labute approximate surface area is 226 Å². The predicted molar refractivity (Wildman–Crippen MR) is 145 cm³/mol. The van der Waals surface area contributed by atoms with Crippen molar-refractivity contribution in [2.24, 2.45) is 0 Å². The molecule has 0 aliphatic heterocycles. The molecule has 8 heteroatoms. The molecule has 0 saturated carbocycles. The van der Waals surface area contributed by atoms with E-state index in [1.165, 1.54) is 6.07 Å². The molecule has 0 radical (unpaired) electrons. The van der Waals surface area contributed by atoms with Crippen LogP contribution in [-0.2, 0) is 45.7 Å². The first-order valence-corrected chi connectivity index (χ1v) is 12.5. The van der Waals surface area contributed by atoms with Gasteiger partial charge in [-0.3, -0.25) is 0 Å². The van der Waals surface area contributed by atoms with Gasteiger partial charge in [-0.2, -0.15) is 0 Å². The van der Waals surface area contributed by atoms with Gasteiger partial charge in [-0.1, -0.05) is 36.4 Å². The number of aliphatic hydroxyl groups excluding tert-OH is 4. The zero-order valence-corrected chi connectivity index (χ0v) is 21.3. The fraction of sp³-hybridized carbons (Fsp3) is 0.226. The van der Waals surface area contributed by atoms with Crippen LogP contribution in [0.3, 0.4) is 0 Å². The number of rotatable bonds is 10. The summed E-state index contributed by atoms with van der Waals surface area (Å²) in [6, 6.07) is 16.8. The molecule has 0 unspecified atom stereocenters. The number of aliphatic hydroxyl groups is 4. The summed E-state index contributed by atoms with van der Waals surface area (Å²) < 4.78 is 0. The van der Waals surface area contributed by atoms with E-state index in [2.05, 4.69) is 0 Å². The number of benzene rings is 4. The van der Waals surface area contributed by atoms with E-state index in [-0.39, 0.29) is 49.2 Å². The van der Waals surface area contributed by atoms with Crippen molar-refractivity contribution in [2.75, 3.05) is 0 Å². The Morgan fingerprint density at radius 3 is 1.41 bits per heavy atom. The minimum absolute atomic E-state index is 0.0190. The van der Waals surface area contributed by atoms with Gasteiger partial charge in [0.2, 0.25) is 0 Å². The number of hydrogen-bond donors (Lipinski definition) is 8. The molecule has 0 bridgehead atoms. The van der Waals surface area contributed by atoms with Crippen molar-refractivity contribution in [3.63, 3.8) is 0 Å². The van der Waals surface area contributed by atoms with Gasteiger partial charge in [-0.05, 0) is 64.1 Å². The van der Waals surface area contributed by atoms with Crippen molar-refractivity contribution in [1.29, 1.82) is 0 Å². The number of phenols is 4. The molecule has 8 nitrogen and oxygen atoms in total. The molecule has 0 heterocycles. The first-order valence-electron chi connectivity index (χ1n) is 12.5. The molecular weight excluding hydrogens is 500 g/mol. The molecule has 4 aromatic carbocycles. The SMILES string of the molecule is OCc1cc(Cc2cc(Cc3cc(CO)c(O)c(Cc4cccc(CO)c4O)c3)cc(CO)c2O)ccc1O. The minimum atomic E-state index is -0.397. The van der Waals surface area contributed by atoms with Crippen molar-refractivity contribution < 1.29 is 40.9 Å². The summed E-state index contributed by atoms with van der Waals surface area (Å²) in [7, 11) is 0. The summed E-state index contributed by atoms with van der Waals surface area (Å²) >= 11 is 0. The van der Waals surface area contributed by atoms with Gasteiger partial charge in [0.25, 0.3) is 0 Å². The maximum Gasteiger partial charge on any atom is 0.124 e. The zero-order valence-electron chi connectivity index (χ0n) is 21.3. The molecule has 4 rings (SSSR count). The molecular formula is C31H32O8. The van der Waals surface area contributed by atoms with Crippen molar-refractivity contribution in [3.05, 3.63) is 116 Å². The van der Waals surface area contributed by atoms with Gasteiger partial charge in [0, 0.05) is 35.1 Å². The first kappa shape index (κ1) is 27.9. The molecule has 0 atom stereocenters. The summed E-state index contributed by atoms with van der Waals surface area (Å²) in [4.78, 5) is 0. The second kappa shape index (κ2) is 12.2. The van der Waals surface area contributed by atoms with Crippen molar-refractivity contribution in [2.45, 2.75) is 45.7 Å². The van der Waals surface area contributed by atoms with Crippen molar-refractivity contribution in [1.82, 2.24) is 0 Å². The Bertz CT molecular complexity index is 1480. The highest BCUT2D eigenvalue weighted by atomic mass is 16.3. The van der Waals surface area contributed by atoms with Crippen LogP contribution in [0.25, 0.3) is 0 Å². The Hall–Kier alpha value is -4.08. The van der Waals surface area contributed by atoms with E-state index in [9.17, 15) is 40.9 Å². The predicted octanol–water partition coefficient (Wildman–Crippen LogP) is 3.25. The summed E-state index contributed by atoms with van der Waals surface area (Å²) in [5.74, 6) is -0.190. The zero-order chi connectivity index (χ0) is 28.1. The minimum Gasteiger partial charge on any atom is -0.508 e. The van der Waals surface area contributed by atoms with Crippen molar-refractivity contribution >= 4 is 0 Å². The molecule has 0 aliphatic rings. The monoisotopic (exact) mass is 532 g/mol. The fourth-order valence-electron chi connectivity index (χ4n) is 4.83. The summed E-state index contributed by atoms with van der Waals surface area (Å²) in [6.07, 6.45) is 0.826. The smallest absolute Gasteiger partial charge is 0.124 e. The molecule has 0 aromatic heterocycles. The maximum absolute atomic E-state index is 10.8. The lowest BCUT2D eigenvalue weighted by molar-refractivity contribution is 0.274. The van der Waals surface area contributed by atoms with Crippen LogP contribution in [-0.4, -0.2) is 40.9 Å². The Kier molecular flexibility index (Phi) is 8.73. The standard InChI is InChI=1S/C31H32O8/c32-14-22-3-1-2-21(29(22)37)13-24-10-20(12-27(17-35)31(24)39)6-19-9-23(30(38)26(11-19)16-34)7-18-4-5-28(36)25(8-18)15-33/h1-5,8-12,32-39H,6-7,13-17H2. The normalized spacial score (nSPS) is 11.2. The van der Waals surface area contributed by atoms with Gasteiger partial charge in [0.15, 0.2) is 0 Å². The molecule has 0 saturated heterocycles. The van der Waals surface area contributed by atoms with Crippen LogP contribution in [0, 0.1) is 0 Å². The van der Waals surface area contributed by atoms with E-state index in [0.29, 0.717) is 51.8 Å². The quantitative estimate of drug-likeness (QED) is 0.154. The highest BCUT2D eigenvalue weighted by Crippen LogP contribution is 2.33. The number of hydrogen-bond acceptors (Lipinski definition) is 8. The lowest BCUT2D eigenvalue weighted by Gasteiger charge is -2.16. The first-order chi connectivity index (χ1) is 18.8. The second-order valence-corrected chi connectivity index (χ2v) is 9.58. The topological polar surface area (TPSA) is 162 Å². The third-order valence-electron chi connectivity index (χ3n) is 6.87. The van der Waals surface area contributed by atoms with Gasteiger partial charge >= 0.3 is 0 Å². The van der Waals surface area contributed by atoms with E-state index in [0.717, 1.165) is 16.7 Å². The Morgan fingerprint density at radius 2 is 0.846 bits per heavy atom. The molecule has 0 fully saturated rings. The van der Waals surface area contributed by atoms with Crippen LogP contribution < -0.4 is 0 Å². The maximum atomic E-state index is 10.8. The van der Waals surface area contributed by atoms with Gasteiger partial charge in [-0.25, -0.2) is 0 Å². The molecule has 0 spiro atoms. The fourth-order valence-corrected chi connectivity index (χ4v) is 4.83. The van der Waals surface area contributed by atoms with E-state index in [4.69, 9.17) is 0 Å². The second-order valence-electron chi connectivity index (χ2n) is 9.58. The van der Waals surface area contributed by atoms with Gasteiger partial charge in [0.05, 0.1) is 26.4 Å². The van der Waals surface area contributed by atoms with Crippen LogP contribution in [0.5, 0.6) is 23.0 Å². The Morgan fingerprint density at radius 1 is 0.385 bits per heavy atom. The molecule has 0 amide bonds. The molecule has 39 heavy (non-hydrogen) atoms. The highest BCUT2D eigenvalue weighted by molar-refractivity contribution is 5.52. The summed E-state index contributed by atoms with van der Waals surface area (Å²) in [5, 5.41) is 80.6. The van der Waals surface area contributed by atoms with E-state index in [1.54, 1.807) is 48.5 Å². The third-order valence-corrected chi connectivity index (χ3v) is 6.87. The number of aromatic hydroxyl groups is 4. The molecule has 0 aliphatic carbocycles. The van der Waals surface area contributed by atoms with Crippen LogP contribution >= 0.6 is 0 Å². The lowest BCUT2D eigenvalue weighted by Crippen LogP contribution is -2.01. The van der Waals surface area contributed by atoms with Gasteiger partial charge < -0.3 is 40.9 Å². The highest BCUT2D eigenvalue weighted by Gasteiger charge is 2.16. The van der Waals surface area contributed by atoms with Crippen molar-refractivity contribution in [3.8, 4) is 23.0 Å². The lowest BCUT2D eigenvalue weighted by atomic mass is 9.92. The average molecular weight is 533 g/mol. The molecule has 204 valence electrons. The van der Waals surface area contributed by atoms with E-state index in [1.807, 2.05) is 6.07 Å². The Balaban J connectivity index is 1.69. The van der Waals surface area contributed by atoms with Gasteiger partial charge in [0.1, 0.15) is 23.0 Å². The van der Waals surface area contributed by atoms with Crippen LogP contribution in [0.15, 0.2) is 60.7 Å². The molecule has 4 aromatic rings. The molecule has 8 N–H and O–H groups in total. The van der Waals surface area contributed by atoms with E-state index >= 15 is 0 Å². The third kappa shape index (κ3) is 6.16. The van der Waals surface area contributed by atoms with Crippen LogP contribution in [0.4, 0.5) is 0 Å². The largest absolute Gasteiger partial charge is 0.508 e. The summed E-state index contributed by atoms with van der Waals surface area (Å²) in [5.41, 5.74) is 5.26. The van der Waals surface area contributed by atoms with Crippen LogP contribution in [0.2, 0.25) is 0 Å². The number of para-hydroxylation sites is 1. The summed E-state index contributed by atoms with van der Waals surface area (Å²) in [6.45, 7) is -1.43.